The van der Waals surface area contributed by atoms with Gasteiger partial charge in [-0.2, -0.15) is 0 Å². The number of hydrogen-bond acceptors (Lipinski definition) is 3. The highest BCUT2D eigenvalue weighted by atomic mass is 16.4. The molecule has 5 nitrogen and oxygen atoms in total. The predicted octanol–water partition coefficient (Wildman–Crippen LogP) is 0.600. The van der Waals surface area contributed by atoms with Crippen LogP contribution in [0.3, 0.4) is 0 Å². The number of carbonyl (C=O) groups excluding carboxylic acids is 1. The zero-order valence-corrected chi connectivity index (χ0v) is 10.6. The Morgan fingerprint density at radius 3 is 2.06 bits per heavy atom. The van der Waals surface area contributed by atoms with Crippen LogP contribution in [0.2, 0.25) is 0 Å². The van der Waals surface area contributed by atoms with Crippen molar-refractivity contribution in [2.24, 2.45) is 5.41 Å². The molecular weight excluding hydrogens is 208 g/mol. The number of nitrogens with one attached hydrogen (secondary N) is 2. The quantitative estimate of drug-likeness (QED) is 0.646. The number of amides is 1. The highest BCUT2D eigenvalue weighted by molar-refractivity contribution is 5.85. The summed E-state index contributed by atoms with van der Waals surface area (Å²) in [6, 6.07) is -0.669. The largest absolute Gasteiger partial charge is 0.480 e. The van der Waals surface area contributed by atoms with Gasteiger partial charge in [0.2, 0.25) is 5.91 Å². The van der Waals surface area contributed by atoms with E-state index in [1.165, 1.54) is 0 Å². The molecule has 0 heterocycles. The minimum absolute atomic E-state index is 0.136. The number of carboxylic acids is 1. The molecule has 0 aliphatic rings. The van der Waals surface area contributed by atoms with Gasteiger partial charge in [-0.3, -0.25) is 4.79 Å². The molecule has 0 radical (unpaired) electrons. The van der Waals surface area contributed by atoms with Crippen LogP contribution >= 0.6 is 0 Å². The van der Waals surface area contributed by atoms with E-state index in [0.717, 1.165) is 0 Å². The summed E-state index contributed by atoms with van der Waals surface area (Å²) < 4.78 is 0. The lowest BCUT2D eigenvalue weighted by atomic mass is 9.87. The number of carbonyl (C=O) groups is 2. The van der Waals surface area contributed by atoms with Crippen LogP contribution in [-0.2, 0) is 9.59 Å². The summed E-state index contributed by atoms with van der Waals surface area (Å²) in [7, 11) is 0. The van der Waals surface area contributed by atoms with Crippen molar-refractivity contribution < 1.29 is 14.7 Å². The van der Waals surface area contributed by atoms with Gasteiger partial charge in [0.25, 0.3) is 0 Å². The van der Waals surface area contributed by atoms with Gasteiger partial charge >= 0.3 is 5.97 Å². The molecule has 0 aromatic rings. The second-order valence-electron chi connectivity index (χ2n) is 5.24. The Morgan fingerprint density at radius 2 is 1.75 bits per heavy atom. The van der Waals surface area contributed by atoms with Crippen LogP contribution in [0, 0.1) is 5.41 Å². The lowest BCUT2D eigenvalue weighted by molar-refractivity contribution is -0.144. The van der Waals surface area contributed by atoms with Crippen molar-refractivity contribution in [1.82, 2.24) is 10.6 Å². The smallest absolute Gasteiger partial charge is 0.326 e. The van der Waals surface area contributed by atoms with Crippen LogP contribution in [0.25, 0.3) is 0 Å². The number of aliphatic carboxylic acids is 1. The molecule has 0 saturated carbocycles. The first-order valence-corrected chi connectivity index (χ1v) is 5.40. The summed E-state index contributed by atoms with van der Waals surface area (Å²) in [6.45, 7) is 9.32. The summed E-state index contributed by atoms with van der Waals surface area (Å²) in [5.74, 6) is -1.30. The Kier molecular flexibility index (Phi) is 5.44. The highest BCUT2D eigenvalue weighted by Crippen LogP contribution is 2.19. The maximum absolute atomic E-state index is 11.5. The van der Waals surface area contributed by atoms with Crippen LogP contribution in [0.4, 0.5) is 0 Å². The van der Waals surface area contributed by atoms with Crippen molar-refractivity contribution in [3.8, 4) is 0 Å². The first-order chi connectivity index (χ1) is 7.14. The maximum atomic E-state index is 11.5. The summed E-state index contributed by atoms with van der Waals surface area (Å²) in [6.07, 6.45) is 0. The third-order valence-corrected chi connectivity index (χ3v) is 2.09. The molecule has 1 atom stereocenters. The van der Waals surface area contributed by atoms with E-state index in [9.17, 15) is 9.59 Å². The summed E-state index contributed by atoms with van der Waals surface area (Å²) in [4.78, 5) is 22.5. The molecule has 94 valence electrons. The van der Waals surface area contributed by atoms with Crippen LogP contribution in [0.15, 0.2) is 0 Å². The van der Waals surface area contributed by atoms with Gasteiger partial charge in [-0.05, 0) is 5.41 Å². The minimum Gasteiger partial charge on any atom is -0.480 e. The Balaban J connectivity index is 4.32. The summed E-state index contributed by atoms with van der Waals surface area (Å²) in [5, 5.41) is 14.4. The molecule has 0 aromatic carbocycles. The monoisotopic (exact) mass is 230 g/mol. The summed E-state index contributed by atoms with van der Waals surface area (Å²) >= 11 is 0. The highest BCUT2D eigenvalue weighted by Gasteiger charge is 2.32. The maximum Gasteiger partial charge on any atom is 0.326 e. The van der Waals surface area contributed by atoms with Gasteiger partial charge in [-0.25, -0.2) is 4.79 Å². The molecule has 0 aromatic heterocycles. The SMILES string of the molecule is CC(C)NCC(=O)N[C@H](C(=O)O)C(C)(C)C. The Hall–Kier alpha value is -1.10. The van der Waals surface area contributed by atoms with Gasteiger partial charge in [-0.1, -0.05) is 34.6 Å². The zero-order chi connectivity index (χ0) is 12.9. The van der Waals surface area contributed by atoms with Crippen LogP contribution in [-0.4, -0.2) is 35.6 Å². The second-order valence-corrected chi connectivity index (χ2v) is 5.24. The first kappa shape index (κ1) is 14.9. The lowest BCUT2D eigenvalue weighted by Crippen LogP contribution is -2.51. The van der Waals surface area contributed by atoms with Crippen molar-refractivity contribution in [3.63, 3.8) is 0 Å². The molecule has 0 bridgehead atoms. The molecule has 0 aliphatic carbocycles. The molecule has 5 heteroatoms. The van der Waals surface area contributed by atoms with Gasteiger partial charge < -0.3 is 15.7 Å². The van der Waals surface area contributed by atoms with Crippen molar-refractivity contribution in [2.45, 2.75) is 46.7 Å². The fourth-order valence-corrected chi connectivity index (χ4v) is 1.16. The molecule has 16 heavy (non-hydrogen) atoms. The average molecular weight is 230 g/mol. The van der Waals surface area contributed by atoms with E-state index in [4.69, 9.17) is 5.11 Å². The van der Waals surface area contributed by atoms with Gasteiger partial charge in [0.15, 0.2) is 0 Å². The minimum atomic E-state index is -1.01. The fourth-order valence-electron chi connectivity index (χ4n) is 1.16. The van der Waals surface area contributed by atoms with E-state index in [2.05, 4.69) is 10.6 Å². The van der Waals surface area contributed by atoms with Crippen LogP contribution < -0.4 is 10.6 Å². The number of rotatable bonds is 5. The molecule has 1 amide bonds. The second kappa shape index (κ2) is 5.84. The molecule has 3 N–H and O–H groups in total. The van der Waals surface area contributed by atoms with Crippen molar-refractivity contribution >= 4 is 11.9 Å². The van der Waals surface area contributed by atoms with E-state index in [0.29, 0.717) is 0 Å². The predicted molar refractivity (Wildman–Crippen MR) is 62.2 cm³/mol. The Morgan fingerprint density at radius 1 is 1.25 bits per heavy atom. The molecular formula is C11H22N2O3. The van der Waals surface area contributed by atoms with E-state index < -0.39 is 17.4 Å². The third kappa shape index (κ3) is 5.70. The van der Waals surface area contributed by atoms with E-state index >= 15 is 0 Å². The first-order valence-electron chi connectivity index (χ1n) is 5.40. The number of hydrogen-bond donors (Lipinski definition) is 3. The van der Waals surface area contributed by atoms with Crippen molar-refractivity contribution in [2.75, 3.05) is 6.54 Å². The fraction of sp³-hybridized carbons (Fsp3) is 0.818. The van der Waals surface area contributed by atoms with E-state index in [1.807, 2.05) is 13.8 Å². The van der Waals surface area contributed by atoms with Crippen molar-refractivity contribution in [3.05, 3.63) is 0 Å². The van der Waals surface area contributed by atoms with E-state index in [1.54, 1.807) is 20.8 Å². The Labute approximate surface area is 96.6 Å². The molecule has 0 unspecified atom stereocenters. The number of carboxylic acid groups (broad SMARTS) is 1. The summed E-state index contributed by atoms with van der Waals surface area (Å²) in [5.41, 5.74) is -0.501. The molecule has 0 saturated heterocycles. The van der Waals surface area contributed by atoms with Gasteiger partial charge in [0, 0.05) is 6.04 Å². The van der Waals surface area contributed by atoms with Crippen LogP contribution in [0.5, 0.6) is 0 Å². The molecule has 0 aliphatic heterocycles. The zero-order valence-electron chi connectivity index (χ0n) is 10.6. The topological polar surface area (TPSA) is 78.4 Å². The standard InChI is InChI=1S/C11H22N2O3/c1-7(2)12-6-8(14)13-9(10(15)16)11(3,4)5/h7,9,12H,6H2,1-5H3,(H,13,14)(H,15,16)/t9-/m1/s1. The molecule has 0 fully saturated rings. The average Bonchev–Trinajstić information content (AvgIpc) is 2.08. The van der Waals surface area contributed by atoms with Crippen molar-refractivity contribution in [1.29, 1.82) is 0 Å². The molecule has 0 rings (SSSR count). The third-order valence-electron chi connectivity index (χ3n) is 2.09. The Bertz CT molecular complexity index is 256. The van der Waals surface area contributed by atoms with Gasteiger partial charge in [0.05, 0.1) is 6.54 Å². The lowest BCUT2D eigenvalue weighted by Gasteiger charge is -2.27. The van der Waals surface area contributed by atoms with Gasteiger partial charge in [0.1, 0.15) is 6.04 Å². The van der Waals surface area contributed by atoms with E-state index in [-0.39, 0.29) is 18.5 Å². The normalized spacial score (nSPS) is 13.6. The van der Waals surface area contributed by atoms with Gasteiger partial charge in [-0.15, -0.1) is 0 Å². The molecule has 0 spiro atoms. The van der Waals surface area contributed by atoms with Crippen LogP contribution in [0.1, 0.15) is 34.6 Å².